The van der Waals surface area contributed by atoms with Gasteiger partial charge in [-0.1, -0.05) is 12.1 Å². The molecule has 1 aromatic carbocycles. The minimum absolute atomic E-state index is 0.173. The van der Waals surface area contributed by atoms with E-state index in [-0.39, 0.29) is 11.9 Å². The van der Waals surface area contributed by atoms with Crippen LogP contribution < -0.4 is 10.1 Å². The second-order valence-electron chi connectivity index (χ2n) is 6.65. The van der Waals surface area contributed by atoms with E-state index in [2.05, 4.69) is 20.3 Å². The van der Waals surface area contributed by atoms with Crippen molar-refractivity contribution in [3.63, 3.8) is 0 Å². The Hall–Kier alpha value is -3.80. The number of aromatic nitrogens is 3. The summed E-state index contributed by atoms with van der Waals surface area (Å²) in [6, 6.07) is 14.9. The summed E-state index contributed by atoms with van der Waals surface area (Å²) < 4.78 is 5.19. The van der Waals surface area contributed by atoms with Crippen LogP contribution in [0, 0.1) is 0 Å². The maximum absolute atomic E-state index is 13.0. The molecule has 0 saturated carbocycles. The van der Waals surface area contributed by atoms with E-state index in [1.807, 2.05) is 49.4 Å². The van der Waals surface area contributed by atoms with E-state index in [1.54, 1.807) is 38.0 Å². The van der Waals surface area contributed by atoms with Gasteiger partial charge in [-0.05, 0) is 60.0 Å². The highest BCUT2D eigenvalue weighted by molar-refractivity contribution is 6.01. The van der Waals surface area contributed by atoms with Crippen molar-refractivity contribution in [2.75, 3.05) is 7.11 Å². The maximum atomic E-state index is 13.0. The van der Waals surface area contributed by atoms with E-state index in [4.69, 9.17) is 4.74 Å². The number of rotatable bonds is 5. The Balaban J connectivity index is 1.67. The molecule has 0 radical (unpaired) electrons. The number of benzene rings is 1. The Morgan fingerprint density at radius 3 is 2.45 bits per heavy atom. The molecule has 4 rings (SSSR count). The fraction of sp³-hybridized carbons (Fsp3) is 0.130. The largest absolute Gasteiger partial charge is 0.497 e. The molecule has 6 heteroatoms. The third-order valence-corrected chi connectivity index (χ3v) is 4.80. The zero-order valence-corrected chi connectivity index (χ0v) is 16.2. The van der Waals surface area contributed by atoms with Crippen LogP contribution in [0.2, 0.25) is 0 Å². The number of amides is 1. The average Bonchev–Trinajstić information content (AvgIpc) is 2.78. The summed E-state index contributed by atoms with van der Waals surface area (Å²) in [6.07, 6.45) is 6.89. The summed E-state index contributed by atoms with van der Waals surface area (Å²) in [4.78, 5) is 25.8. The minimum atomic E-state index is -0.234. The molecule has 0 aliphatic heterocycles. The van der Waals surface area contributed by atoms with Crippen LogP contribution in [0.15, 0.2) is 73.3 Å². The highest BCUT2D eigenvalue weighted by Crippen LogP contribution is 2.28. The SMILES string of the molecule is COc1ccc(C(C)NC(=O)c2cc(-c3ccncc3)c3cnccc3n2)cc1. The number of fused-ring (bicyclic) bond motifs is 1. The smallest absolute Gasteiger partial charge is 0.270 e. The highest BCUT2D eigenvalue weighted by atomic mass is 16.5. The summed E-state index contributed by atoms with van der Waals surface area (Å²) >= 11 is 0. The van der Waals surface area contributed by atoms with Crippen molar-refractivity contribution in [1.82, 2.24) is 20.3 Å². The molecule has 144 valence electrons. The molecule has 0 saturated heterocycles. The van der Waals surface area contributed by atoms with Gasteiger partial charge in [0.25, 0.3) is 5.91 Å². The van der Waals surface area contributed by atoms with Crippen molar-refractivity contribution in [3.8, 4) is 16.9 Å². The number of nitrogens with one attached hydrogen (secondary N) is 1. The molecule has 0 aliphatic carbocycles. The average molecular weight is 384 g/mol. The number of hydrogen-bond acceptors (Lipinski definition) is 5. The first-order valence-corrected chi connectivity index (χ1v) is 9.25. The third kappa shape index (κ3) is 3.91. The summed E-state index contributed by atoms with van der Waals surface area (Å²) in [6.45, 7) is 1.94. The van der Waals surface area contributed by atoms with Crippen LogP contribution in [-0.2, 0) is 0 Å². The van der Waals surface area contributed by atoms with Gasteiger partial charge in [0.15, 0.2) is 0 Å². The standard InChI is InChI=1S/C23H20N4O2/c1-15(16-3-5-18(29-2)6-4-16)26-23(28)22-13-19(17-7-10-24-11-8-17)20-14-25-12-9-21(20)27-22/h3-15H,1-2H3,(H,26,28). The molecule has 3 aromatic heterocycles. The van der Waals surface area contributed by atoms with Crippen molar-refractivity contribution < 1.29 is 9.53 Å². The van der Waals surface area contributed by atoms with E-state index in [0.717, 1.165) is 33.3 Å². The fourth-order valence-corrected chi connectivity index (χ4v) is 3.20. The lowest BCUT2D eigenvalue weighted by Crippen LogP contribution is -2.27. The third-order valence-electron chi connectivity index (χ3n) is 4.80. The Kier molecular flexibility index (Phi) is 5.16. The van der Waals surface area contributed by atoms with Gasteiger partial charge in [0.1, 0.15) is 11.4 Å². The minimum Gasteiger partial charge on any atom is -0.497 e. The van der Waals surface area contributed by atoms with Crippen LogP contribution in [0.5, 0.6) is 5.75 Å². The molecular weight excluding hydrogens is 364 g/mol. The second-order valence-corrected chi connectivity index (χ2v) is 6.65. The number of carbonyl (C=O) groups is 1. The summed E-state index contributed by atoms with van der Waals surface area (Å²) in [5.41, 5.74) is 3.91. The lowest BCUT2D eigenvalue weighted by atomic mass is 10.0. The van der Waals surface area contributed by atoms with Crippen molar-refractivity contribution in [1.29, 1.82) is 0 Å². The zero-order valence-electron chi connectivity index (χ0n) is 16.2. The molecule has 1 N–H and O–H groups in total. The summed E-state index contributed by atoms with van der Waals surface area (Å²) in [5.74, 6) is 0.543. The maximum Gasteiger partial charge on any atom is 0.270 e. The summed E-state index contributed by atoms with van der Waals surface area (Å²) in [7, 11) is 1.63. The monoisotopic (exact) mass is 384 g/mol. The first-order chi connectivity index (χ1) is 14.2. The number of ether oxygens (including phenoxy) is 1. The van der Waals surface area contributed by atoms with E-state index in [9.17, 15) is 4.79 Å². The predicted octanol–water partition coefficient (Wildman–Crippen LogP) is 4.19. The van der Waals surface area contributed by atoms with Gasteiger partial charge in [-0.3, -0.25) is 14.8 Å². The second kappa shape index (κ2) is 8.06. The molecule has 0 bridgehead atoms. The van der Waals surface area contributed by atoms with Crippen LogP contribution in [0.1, 0.15) is 29.0 Å². The first kappa shape index (κ1) is 18.6. The van der Waals surface area contributed by atoms with Gasteiger partial charge in [-0.15, -0.1) is 0 Å². The number of pyridine rings is 3. The van der Waals surface area contributed by atoms with Gasteiger partial charge in [0.2, 0.25) is 0 Å². The summed E-state index contributed by atoms with van der Waals surface area (Å²) in [5, 5.41) is 3.91. The molecule has 0 fully saturated rings. The normalized spacial score (nSPS) is 11.8. The molecule has 0 spiro atoms. The van der Waals surface area contributed by atoms with Crippen molar-refractivity contribution >= 4 is 16.8 Å². The number of methoxy groups -OCH3 is 1. The molecule has 0 aliphatic rings. The Bertz CT molecular complexity index is 1140. The van der Waals surface area contributed by atoms with Gasteiger partial charge in [-0.2, -0.15) is 0 Å². The molecular formula is C23H20N4O2. The van der Waals surface area contributed by atoms with E-state index in [0.29, 0.717) is 5.69 Å². The molecule has 4 aromatic rings. The lowest BCUT2D eigenvalue weighted by Gasteiger charge is -2.15. The van der Waals surface area contributed by atoms with Crippen molar-refractivity contribution in [3.05, 3.63) is 84.6 Å². The fourth-order valence-electron chi connectivity index (χ4n) is 3.20. The zero-order chi connectivity index (χ0) is 20.2. The number of carbonyl (C=O) groups excluding carboxylic acids is 1. The van der Waals surface area contributed by atoms with Gasteiger partial charge < -0.3 is 10.1 Å². The quantitative estimate of drug-likeness (QED) is 0.558. The van der Waals surface area contributed by atoms with Gasteiger partial charge in [0.05, 0.1) is 18.7 Å². The van der Waals surface area contributed by atoms with Crippen LogP contribution >= 0.6 is 0 Å². The van der Waals surface area contributed by atoms with Crippen LogP contribution in [0.3, 0.4) is 0 Å². The molecule has 1 unspecified atom stereocenters. The van der Waals surface area contributed by atoms with Crippen LogP contribution in [-0.4, -0.2) is 28.0 Å². The highest BCUT2D eigenvalue weighted by Gasteiger charge is 2.16. The molecule has 1 amide bonds. The first-order valence-electron chi connectivity index (χ1n) is 9.25. The Labute approximate surface area is 168 Å². The van der Waals surface area contributed by atoms with Crippen LogP contribution in [0.25, 0.3) is 22.0 Å². The number of nitrogens with zero attached hydrogens (tertiary/aromatic N) is 3. The topological polar surface area (TPSA) is 77.0 Å². The molecule has 6 nitrogen and oxygen atoms in total. The van der Waals surface area contributed by atoms with Gasteiger partial charge in [-0.25, -0.2) is 4.98 Å². The van der Waals surface area contributed by atoms with Gasteiger partial charge in [0, 0.05) is 30.2 Å². The van der Waals surface area contributed by atoms with E-state index >= 15 is 0 Å². The molecule has 3 heterocycles. The molecule has 29 heavy (non-hydrogen) atoms. The molecule has 1 atom stereocenters. The predicted molar refractivity (Wildman–Crippen MR) is 112 cm³/mol. The van der Waals surface area contributed by atoms with Crippen LogP contribution in [0.4, 0.5) is 0 Å². The Morgan fingerprint density at radius 1 is 1.00 bits per heavy atom. The van der Waals surface area contributed by atoms with Gasteiger partial charge >= 0.3 is 0 Å². The van der Waals surface area contributed by atoms with Crippen molar-refractivity contribution in [2.45, 2.75) is 13.0 Å². The number of hydrogen-bond donors (Lipinski definition) is 1. The van der Waals surface area contributed by atoms with E-state index < -0.39 is 0 Å². The lowest BCUT2D eigenvalue weighted by molar-refractivity contribution is 0.0935. The van der Waals surface area contributed by atoms with E-state index in [1.165, 1.54) is 0 Å². The van der Waals surface area contributed by atoms with Crippen molar-refractivity contribution in [2.24, 2.45) is 0 Å². The Morgan fingerprint density at radius 2 is 1.72 bits per heavy atom.